The number of nitro benzene ring substituents is 1. The summed E-state index contributed by atoms with van der Waals surface area (Å²) in [5, 5.41) is 10.5. The Morgan fingerprint density at radius 1 is 1.38 bits per heavy atom. The molecule has 1 aliphatic heterocycles. The molecular weight excluding hydrogens is 236 g/mol. The molecule has 0 aliphatic carbocycles. The number of nitro groups is 1. The molecule has 8 heteroatoms. The number of nitrogens with zero attached hydrogens (tertiary/aromatic N) is 2. The smallest absolute Gasteiger partial charge is 0.268 e. The van der Waals surface area contributed by atoms with Crippen LogP contribution in [-0.2, 0) is 10.0 Å². The van der Waals surface area contributed by atoms with Crippen LogP contribution >= 0.6 is 0 Å². The first kappa shape index (κ1) is 10.6. The van der Waals surface area contributed by atoms with Crippen molar-refractivity contribution < 1.29 is 18.1 Å². The fourth-order valence-electron chi connectivity index (χ4n) is 1.44. The molecule has 0 N–H and O–H groups in total. The molecule has 16 heavy (non-hydrogen) atoms. The molecule has 0 atom stereocenters. The molecule has 1 aliphatic rings. The molecule has 0 unspecified atom stereocenters. The SMILES string of the molecule is CN1C(=O)c2ccc([N+](=O)[O-])cc2S1(=O)=O. The number of non-ortho nitro benzene ring substituents is 1. The second-order valence-electron chi connectivity index (χ2n) is 3.22. The predicted octanol–water partition coefficient (Wildman–Crippen LogP) is 0.369. The third-order valence-corrected chi connectivity index (χ3v) is 4.11. The Balaban J connectivity index is 2.75. The number of hydrogen-bond donors (Lipinski definition) is 0. The van der Waals surface area contributed by atoms with Crippen molar-refractivity contribution in [3.05, 3.63) is 33.9 Å². The molecule has 7 nitrogen and oxygen atoms in total. The lowest BCUT2D eigenvalue weighted by atomic mass is 10.2. The lowest BCUT2D eigenvalue weighted by Gasteiger charge is -2.05. The minimum Gasteiger partial charge on any atom is -0.268 e. The molecule has 0 bridgehead atoms. The van der Waals surface area contributed by atoms with E-state index in [0.717, 1.165) is 25.2 Å². The zero-order valence-corrected chi connectivity index (χ0v) is 8.89. The summed E-state index contributed by atoms with van der Waals surface area (Å²) in [5.74, 6) is -0.676. The second-order valence-corrected chi connectivity index (χ2v) is 5.15. The molecule has 0 radical (unpaired) electrons. The zero-order chi connectivity index (χ0) is 12.1. The van der Waals surface area contributed by atoms with Crippen LogP contribution in [0.1, 0.15) is 10.4 Å². The first-order chi connectivity index (χ1) is 7.35. The van der Waals surface area contributed by atoms with Gasteiger partial charge in [-0.3, -0.25) is 14.9 Å². The van der Waals surface area contributed by atoms with Crippen molar-refractivity contribution in [1.82, 2.24) is 4.31 Å². The van der Waals surface area contributed by atoms with Crippen molar-refractivity contribution in [2.45, 2.75) is 4.90 Å². The lowest BCUT2D eigenvalue weighted by molar-refractivity contribution is -0.385. The number of fused-ring (bicyclic) bond motifs is 1. The van der Waals surface area contributed by atoms with Crippen LogP contribution in [0.2, 0.25) is 0 Å². The van der Waals surface area contributed by atoms with Gasteiger partial charge in [-0.25, -0.2) is 12.7 Å². The van der Waals surface area contributed by atoms with Gasteiger partial charge in [0.1, 0.15) is 4.90 Å². The number of benzene rings is 1. The predicted molar refractivity (Wildman–Crippen MR) is 52.4 cm³/mol. The highest BCUT2D eigenvalue weighted by molar-refractivity contribution is 7.90. The monoisotopic (exact) mass is 242 g/mol. The van der Waals surface area contributed by atoms with Gasteiger partial charge in [-0.15, -0.1) is 0 Å². The molecule has 0 fully saturated rings. The zero-order valence-electron chi connectivity index (χ0n) is 8.08. The Bertz CT molecular complexity index is 607. The number of rotatable bonds is 1. The van der Waals surface area contributed by atoms with Crippen LogP contribution in [0.15, 0.2) is 23.1 Å². The Morgan fingerprint density at radius 3 is 2.56 bits per heavy atom. The Hall–Kier alpha value is -1.96. The third-order valence-electron chi connectivity index (χ3n) is 2.33. The second kappa shape index (κ2) is 3.01. The van der Waals surface area contributed by atoms with Crippen molar-refractivity contribution in [3.8, 4) is 0 Å². The van der Waals surface area contributed by atoms with Crippen molar-refractivity contribution in [1.29, 1.82) is 0 Å². The van der Waals surface area contributed by atoms with E-state index in [9.17, 15) is 23.3 Å². The van der Waals surface area contributed by atoms with Crippen LogP contribution in [0.25, 0.3) is 0 Å². The van der Waals surface area contributed by atoms with Crippen LogP contribution in [0, 0.1) is 10.1 Å². The van der Waals surface area contributed by atoms with Gasteiger partial charge in [-0.05, 0) is 6.07 Å². The highest BCUT2D eigenvalue weighted by atomic mass is 32.2. The summed E-state index contributed by atoms with van der Waals surface area (Å²) in [6, 6.07) is 3.15. The lowest BCUT2D eigenvalue weighted by Crippen LogP contribution is -2.24. The number of hydrogen-bond acceptors (Lipinski definition) is 5. The maximum atomic E-state index is 11.7. The Morgan fingerprint density at radius 2 is 2.00 bits per heavy atom. The van der Waals surface area contributed by atoms with Crippen LogP contribution < -0.4 is 0 Å². The molecule has 0 saturated heterocycles. The summed E-state index contributed by atoms with van der Waals surface area (Å²) in [7, 11) is -2.80. The van der Waals surface area contributed by atoms with Gasteiger partial charge in [0.25, 0.3) is 21.6 Å². The van der Waals surface area contributed by atoms with Gasteiger partial charge in [-0.2, -0.15) is 0 Å². The van der Waals surface area contributed by atoms with Crippen LogP contribution in [0.3, 0.4) is 0 Å². The Labute approximate surface area is 90.5 Å². The Kier molecular flexibility index (Phi) is 1.99. The van der Waals surface area contributed by atoms with Gasteiger partial charge in [-0.1, -0.05) is 0 Å². The molecule has 2 rings (SSSR count). The molecule has 84 valence electrons. The van der Waals surface area contributed by atoms with E-state index >= 15 is 0 Å². The third kappa shape index (κ3) is 1.20. The van der Waals surface area contributed by atoms with E-state index < -0.39 is 20.9 Å². The molecule has 1 amide bonds. The van der Waals surface area contributed by atoms with Crippen LogP contribution in [0.4, 0.5) is 5.69 Å². The fraction of sp³-hybridized carbons (Fsp3) is 0.125. The summed E-state index contributed by atoms with van der Waals surface area (Å²) in [5.41, 5.74) is -0.390. The van der Waals surface area contributed by atoms with E-state index in [2.05, 4.69) is 0 Å². The maximum absolute atomic E-state index is 11.7. The van der Waals surface area contributed by atoms with Crippen molar-refractivity contribution >= 4 is 21.6 Å². The molecule has 0 spiro atoms. The maximum Gasteiger partial charge on any atom is 0.270 e. The summed E-state index contributed by atoms with van der Waals surface area (Å²) in [6.45, 7) is 0. The van der Waals surface area contributed by atoms with E-state index in [4.69, 9.17) is 0 Å². The van der Waals surface area contributed by atoms with E-state index in [-0.39, 0.29) is 16.1 Å². The summed E-state index contributed by atoms with van der Waals surface area (Å²) >= 11 is 0. The molecule has 0 saturated carbocycles. The van der Waals surface area contributed by atoms with Crippen molar-refractivity contribution in [2.75, 3.05) is 7.05 Å². The minimum absolute atomic E-state index is 0.0342. The first-order valence-electron chi connectivity index (χ1n) is 4.17. The van der Waals surface area contributed by atoms with E-state index in [1.807, 2.05) is 0 Å². The van der Waals surface area contributed by atoms with Crippen LogP contribution in [-0.4, -0.2) is 30.6 Å². The van der Waals surface area contributed by atoms with Crippen molar-refractivity contribution in [3.63, 3.8) is 0 Å². The summed E-state index contributed by atoms with van der Waals surface area (Å²) < 4.78 is 23.9. The normalized spacial score (nSPS) is 17.3. The first-order valence-corrected chi connectivity index (χ1v) is 5.61. The largest absolute Gasteiger partial charge is 0.270 e. The molecule has 1 heterocycles. The average Bonchev–Trinajstić information content (AvgIpc) is 2.40. The number of carbonyl (C=O) groups excluding carboxylic acids is 1. The number of amides is 1. The standard InChI is InChI=1S/C8H6N2O5S/c1-9-8(11)6-3-2-5(10(12)13)4-7(6)16(9,14)15/h2-4H,1H3. The van der Waals surface area contributed by atoms with Crippen LogP contribution in [0.5, 0.6) is 0 Å². The van der Waals surface area contributed by atoms with Gasteiger partial charge >= 0.3 is 0 Å². The van der Waals surface area contributed by atoms with E-state index in [1.165, 1.54) is 0 Å². The summed E-state index contributed by atoms with van der Waals surface area (Å²) in [4.78, 5) is 20.9. The molecule has 0 aromatic heterocycles. The molecule has 1 aromatic carbocycles. The molecule has 1 aromatic rings. The van der Waals surface area contributed by atoms with Gasteiger partial charge in [0, 0.05) is 19.2 Å². The van der Waals surface area contributed by atoms with Crippen molar-refractivity contribution in [2.24, 2.45) is 0 Å². The van der Waals surface area contributed by atoms with E-state index in [0.29, 0.717) is 4.31 Å². The van der Waals surface area contributed by atoms with E-state index in [1.54, 1.807) is 0 Å². The van der Waals surface area contributed by atoms with Gasteiger partial charge in [0.2, 0.25) is 0 Å². The summed E-state index contributed by atoms with van der Waals surface area (Å²) in [6.07, 6.45) is 0. The molecular formula is C8H6N2O5S. The fourth-order valence-corrected chi connectivity index (χ4v) is 2.76. The quantitative estimate of drug-likeness (QED) is 0.523. The highest BCUT2D eigenvalue weighted by Gasteiger charge is 2.39. The number of sulfonamides is 1. The number of carbonyl (C=O) groups is 1. The minimum atomic E-state index is -3.91. The highest BCUT2D eigenvalue weighted by Crippen LogP contribution is 2.31. The van der Waals surface area contributed by atoms with Gasteiger partial charge in [0.05, 0.1) is 10.5 Å². The van der Waals surface area contributed by atoms with Gasteiger partial charge in [0.15, 0.2) is 0 Å². The average molecular weight is 242 g/mol. The topological polar surface area (TPSA) is 97.6 Å². The van der Waals surface area contributed by atoms with Gasteiger partial charge < -0.3 is 0 Å².